The van der Waals surface area contributed by atoms with Gasteiger partial charge in [-0.25, -0.2) is 0 Å². The molecule has 1 heteroatoms. The van der Waals surface area contributed by atoms with E-state index in [9.17, 15) is 0 Å². The van der Waals surface area contributed by atoms with E-state index in [2.05, 4.69) is 54.0 Å². The largest absolute Gasteiger partial charge is 0.160 e. The van der Waals surface area contributed by atoms with Crippen LogP contribution < -0.4 is 0 Å². The highest BCUT2D eigenvalue weighted by Gasteiger charge is 2.17. The first-order chi connectivity index (χ1) is 5.97. The Morgan fingerprint density at radius 1 is 1.00 bits per heavy atom. The fraction of sp³-hybridized carbons (Fsp3) is 0.0909. The van der Waals surface area contributed by atoms with E-state index in [-0.39, 0.29) is 0 Å². The lowest BCUT2D eigenvalue weighted by Gasteiger charge is -2.01. The smallest absolute Gasteiger partial charge is 0.0619 e. The topological polar surface area (TPSA) is 0 Å². The highest BCUT2D eigenvalue weighted by molar-refractivity contribution is 7.99. The van der Waals surface area contributed by atoms with E-state index in [1.165, 1.54) is 10.6 Å². The van der Waals surface area contributed by atoms with E-state index < -0.39 is 0 Å². The van der Waals surface area contributed by atoms with Crippen molar-refractivity contribution in [3.63, 3.8) is 0 Å². The molecule has 0 bridgehead atoms. The minimum Gasteiger partial charge on any atom is -0.0619 e. The van der Waals surface area contributed by atoms with Gasteiger partial charge in [-0.15, -0.1) is 0 Å². The Balaban J connectivity index is 2.21. The van der Waals surface area contributed by atoms with Crippen LogP contribution in [0.25, 0.3) is 0 Å². The normalized spacial score (nSPS) is 21.2. The van der Waals surface area contributed by atoms with E-state index >= 15 is 0 Å². The minimum absolute atomic E-state index is 0.325. The monoisotopic (exact) mass is 175 g/mol. The highest BCUT2D eigenvalue weighted by Crippen LogP contribution is 2.17. The first kappa shape index (κ1) is 7.69. The van der Waals surface area contributed by atoms with Crippen molar-refractivity contribution < 1.29 is 0 Å². The van der Waals surface area contributed by atoms with Crippen LogP contribution in [0, 0.1) is 0 Å². The molecular weight excluding hydrogens is 164 g/mol. The Morgan fingerprint density at radius 3 is 2.50 bits per heavy atom. The maximum absolute atomic E-state index is 2.29. The van der Waals surface area contributed by atoms with Gasteiger partial charge in [-0.05, 0) is 24.3 Å². The molecule has 1 aromatic rings. The van der Waals surface area contributed by atoms with Gasteiger partial charge in [-0.2, -0.15) is 0 Å². The molecule has 1 aliphatic rings. The summed E-state index contributed by atoms with van der Waals surface area (Å²) >= 11 is 0. The van der Waals surface area contributed by atoms with Gasteiger partial charge >= 0.3 is 0 Å². The second-order valence-corrected chi connectivity index (χ2v) is 4.60. The number of allylic oxidation sites excluding steroid dienone is 2. The molecule has 0 N–H and O–H groups in total. The average Bonchev–Trinajstić information content (AvgIpc) is 2.21. The molecule has 1 atom stereocenters. The van der Waals surface area contributed by atoms with Gasteiger partial charge in [0.2, 0.25) is 0 Å². The zero-order valence-electron chi connectivity index (χ0n) is 6.81. The molecule has 0 amide bonds. The van der Waals surface area contributed by atoms with Gasteiger partial charge in [0.05, 0.1) is 10.9 Å². The quantitative estimate of drug-likeness (QED) is 0.576. The van der Waals surface area contributed by atoms with Gasteiger partial charge in [0.15, 0.2) is 4.90 Å². The molecule has 1 aliphatic heterocycles. The van der Waals surface area contributed by atoms with Crippen molar-refractivity contribution >= 4 is 10.9 Å². The molecule has 0 nitrogen and oxygen atoms in total. The third kappa shape index (κ3) is 1.62. The van der Waals surface area contributed by atoms with Crippen LogP contribution >= 0.6 is 0 Å². The fourth-order valence-corrected chi connectivity index (χ4v) is 2.77. The second kappa shape index (κ2) is 3.63. The summed E-state index contributed by atoms with van der Waals surface area (Å²) in [7, 11) is 0.325. The zero-order chi connectivity index (χ0) is 8.23. The van der Waals surface area contributed by atoms with Crippen molar-refractivity contribution in [2.75, 3.05) is 5.75 Å². The molecule has 0 fully saturated rings. The van der Waals surface area contributed by atoms with Crippen LogP contribution in [0.3, 0.4) is 0 Å². The Labute approximate surface area is 76.0 Å². The molecular formula is C11H11S+. The van der Waals surface area contributed by atoms with Crippen LogP contribution in [-0.4, -0.2) is 5.75 Å². The molecule has 0 saturated carbocycles. The SMILES string of the molecule is C1=CC[S+](c2ccccc2)C=C1. The lowest BCUT2D eigenvalue weighted by molar-refractivity contribution is 1.44. The van der Waals surface area contributed by atoms with Crippen LogP contribution in [-0.2, 0) is 10.9 Å². The van der Waals surface area contributed by atoms with E-state index in [4.69, 9.17) is 0 Å². The lowest BCUT2D eigenvalue weighted by atomic mass is 10.4. The molecule has 60 valence electrons. The Morgan fingerprint density at radius 2 is 1.83 bits per heavy atom. The average molecular weight is 175 g/mol. The summed E-state index contributed by atoms with van der Waals surface area (Å²) in [5.41, 5.74) is 0. The maximum atomic E-state index is 2.29. The minimum atomic E-state index is 0.325. The van der Waals surface area contributed by atoms with Crippen molar-refractivity contribution in [3.8, 4) is 0 Å². The molecule has 0 radical (unpaired) electrons. The van der Waals surface area contributed by atoms with Gasteiger partial charge in [-0.1, -0.05) is 24.3 Å². The molecule has 0 spiro atoms. The Hall–Kier alpha value is -0.950. The molecule has 1 heterocycles. The number of rotatable bonds is 1. The summed E-state index contributed by atoms with van der Waals surface area (Å²) in [5, 5.41) is 2.29. The van der Waals surface area contributed by atoms with Crippen LogP contribution in [0.2, 0.25) is 0 Å². The molecule has 0 aromatic heterocycles. The number of hydrogen-bond donors (Lipinski definition) is 0. The van der Waals surface area contributed by atoms with Gasteiger partial charge in [0.25, 0.3) is 0 Å². The standard InChI is InChI=1S/C11H11S/c1-3-7-11(8-4-1)12-9-5-2-6-10-12/h1-9H,10H2/q+1. The summed E-state index contributed by atoms with van der Waals surface area (Å²) < 4.78 is 0. The molecule has 0 saturated heterocycles. The van der Waals surface area contributed by atoms with Crippen molar-refractivity contribution in [3.05, 3.63) is 54.0 Å². The number of benzene rings is 1. The Kier molecular flexibility index (Phi) is 2.33. The first-order valence-corrected chi connectivity index (χ1v) is 5.50. The van der Waals surface area contributed by atoms with E-state index in [0.717, 1.165) is 0 Å². The molecule has 12 heavy (non-hydrogen) atoms. The summed E-state index contributed by atoms with van der Waals surface area (Å²) in [4.78, 5) is 1.44. The molecule has 1 aromatic carbocycles. The van der Waals surface area contributed by atoms with Crippen molar-refractivity contribution in [1.82, 2.24) is 0 Å². The third-order valence-corrected chi connectivity index (χ3v) is 3.73. The van der Waals surface area contributed by atoms with Crippen molar-refractivity contribution in [1.29, 1.82) is 0 Å². The number of hydrogen-bond acceptors (Lipinski definition) is 0. The lowest BCUT2D eigenvalue weighted by Crippen LogP contribution is -2.03. The summed E-state index contributed by atoms with van der Waals surface area (Å²) in [6, 6.07) is 10.7. The third-order valence-electron chi connectivity index (χ3n) is 1.81. The van der Waals surface area contributed by atoms with Gasteiger partial charge in [-0.3, -0.25) is 0 Å². The van der Waals surface area contributed by atoms with Crippen LogP contribution in [0.4, 0.5) is 0 Å². The predicted octanol–water partition coefficient (Wildman–Crippen LogP) is 2.75. The van der Waals surface area contributed by atoms with Crippen LogP contribution in [0.15, 0.2) is 58.9 Å². The van der Waals surface area contributed by atoms with Crippen LogP contribution in [0.1, 0.15) is 0 Å². The predicted molar refractivity (Wildman–Crippen MR) is 55.2 cm³/mol. The van der Waals surface area contributed by atoms with Gasteiger partial charge in [0.1, 0.15) is 11.2 Å². The zero-order valence-corrected chi connectivity index (χ0v) is 7.63. The summed E-state index contributed by atoms with van der Waals surface area (Å²) in [6.07, 6.45) is 6.49. The van der Waals surface area contributed by atoms with Crippen molar-refractivity contribution in [2.24, 2.45) is 0 Å². The first-order valence-electron chi connectivity index (χ1n) is 4.05. The second-order valence-electron chi connectivity index (χ2n) is 2.67. The van der Waals surface area contributed by atoms with Gasteiger partial charge in [0, 0.05) is 0 Å². The van der Waals surface area contributed by atoms with Crippen molar-refractivity contribution in [2.45, 2.75) is 4.90 Å². The summed E-state index contributed by atoms with van der Waals surface area (Å²) in [5.74, 6) is 1.17. The molecule has 1 unspecified atom stereocenters. The highest BCUT2D eigenvalue weighted by atomic mass is 32.2. The summed E-state index contributed by atoms with van der Waals surface area (Å²) in [6.45, 7) is 0. The Bertz CT molecular complexity index is 298. The van der Waals surface area contributed by atoms with E-state index in [1.54, 1.807) is 0 Å². The van der Waals surface area contributed by atoms with Crippen LogP contribution in [0.5, 0.6) is 0 Å². The maximum Gasteiger partial charge on any atom is 0.160 e. The molecule has 0 aliphatic carbocycles. The van der Waals surface area contributed by atoms with E-state index in [0.29, 0.717) is 10.9 Å². The van der Waals surface area contributed by atoms with E-state index in [1.807, 2.05) is 0 Å². The van der Waals surface area contributed by atoms with Gasteiger partial charge < -0.3 is 0 Å². The fourth-order valence-electron chi connectivity index (χ4n) is 1.20. The molecule has 2 rings (SSSR count).